The molecule has 3 rings (SSSR count). The fourth-order valence-electron chi connectivity index (χ4n) is 2.00. The minimum atomic E-state index is 0.127. The van der Waals surface area contributed by atoms with E-state index in [9.17, 15) is 4.79 Å². The monoisotopic (exact) mass is 309 g/mol. The van der Waals surface area contributed by atoms with Crippen molar-refractivity contribution in [3.05, 3.63) is 22.9 Å². The lowest BCUT2D eigenvalue weighted by molar-refractivity contribution is -0.119. The molecule has 18 heavy (non-hydrogen) atoms. The van der Waals surface area contributed by atoms with Gasteiger partial charge >= 0.3 is 0 Å². The fraction of sp³-hybridized carbons (Fsp3) is 0.364. The van der Waals surface area contributed by atoms with Gasteiger partial charge in [-0.2, -0.15) is 0 Å². The zero-order chi connectivity index (χ0) is 12.5. The normalized spacial score (nSPS) is 19.2. The molecule has 0 radical (unpaired) electrons. The van der Waals surface area contributed by atoms with E-state index >= 15 is 0 Å². The molecular formula is C11H12BrN5O. The largest absolute Gasteiger partial charge is 0.367 e. The molecule has 1 saturated heterocycles. The maximum absolute atomic E-state index is 11.1. The van der Waals surface area contributed by atoms with E-state index < -0.39 is 0 Å². The highest BCUT2D eigenvalue weighted by atomic mass is 79.9. The zero-order valence-corrected chi connectivity index (χ0v) is 11.1. The Hall–Kier alpha value is -1.63. The number of carbonyl (C=O) groups excluding carboxylic acids is 1. The molecule has 1 fully saturated rings. The van der Waals surface area contributed by atoms with Crippen LogP contribution in [-0.2, 0) is 4.79 Å². The van der Waals surface area contributed by atoms with Gasteiger partial charge in [-0.25, -0.2) is 9.50 Å². The third-order valence-corrected chi connectivity index (χ3v) is 3.48. The van der Waals surface area contributed by atoms with Crippen molar-refractivity contribution in [1.82, 2.24) is 19.9 Å². The Morgan fingerprint density at radius 2 is 2.44 bits per heavy atom. The van der Waals surface area contributed by atoms with Crippen LogP contribution in [0.1, 0.15) is 12.8 Å². The summed E-state index contributed by atoms with van der Waals surface area (Å²) in [5, 5.41) is 10.5. The summed E-state index contributed by atoms with van der Waals surface area (Å²) in [7, 11) is 0. The molecule has 2 aromatic rings. The van der Waals surface area contributed by atoms with E-state index in [-0.39, 0.29) is 11.9 Å². The Balaban J connectivity index is 1.70. The molecule has 0 unspecified atom stereocenters. The van der Waals surface area contributed by atoms with E-state index in [4.69, 9.17) is 0 Å². The molecule has 0 bridgehead atoms. The number of rotatable bonds is 3. The van der Waals surface area contributed by atoms with Crippen molar-refractivity contribution >= 4 is 33.3 Å². The summed E-state index contributed by atoms with van der Waals surface area (Å²) in [6, 6.07) is 3.97. The number of nitrogens with zero attached hydrogens (tertiary/aromatic N) is 3. The van der Waals surface area contributed by atoms with Crippen molar-refractivity contribution in [1.29, 1.82) is 0 Å². The summed E-state index contributed by atoms with van der Waals surface area (Å²) in [6.07, 6.45) is 3.21. The molecular weight excluding hydrogens is 298 g/mol. The number of hydrogen-bond donors (Lipinski definition) is 2. The molecule has 1 amide bonds. The second-order valence-electron chi connectivity index (χ2n) is 4.25. The highest BCUT2D eigenvalue weighted by Crippen LogP contribution is 2.14. The van der Waals surface area contributed by atoms with E-state index in [1.807, 2.05) is 12.1 Å². The first-order chi connectivity index (χ1) is 8.72. The number of halogens is 1. The van der Waals surface area contributed by atoms with Gasteiger partial charge in [0.05, 0.1) is 6.20 Å². The Morgan fingerprint density at radius 3 is 3.22 bits per heavy atom. The van der Waals surface area contributed by atoms with Crippen LogP contribution < -0.4 is 10.6 Å². The summed E-state index contributed by atoms with van der Waals surface area (Å²) in [4.78, 5) is 15.3. The van der Waals surface area contributed by atoms with Crippen LogP contribution >= 0.6 is 15.9 Å². The summed E-state index contributed by atoms with van der Waals surface area (Å²) in [5.41, 5.74) is 0.793. The quantitative estimate of drug-likeness (QED) is 0.893. The van der Waals surface area contributed by atoms with Crippen molar-refractivity contribution < 1.29 is 4.79 Å². The molecule has 2 aromatic heterocycles. The number of carbonyl (C=O) groups is 1. The number of amides is 1. The molecule has 1 aliphatic heterocycles. The van der Waals surface area contributed by atoms with Crippen LogP contribution in [-0.4, -0.2) is 33.1 Å². The van der Waals surface area contributed by atoms with Gasteiger partial charge in [-0.15, -0.1) is 5.10 Å². The molecule has 0 aromatic carbocycles. The maximum Gasteiger partial charge on any atom is 0.220 e. The molecule has 2 N–H and O–H groups in total. The molecule has 3 heterocycles. The predicted molar refractivity (Wildman–Crippen MR) is 70.3 cm³/mol. The minimum Gasteiger partial charge on any atom is -0.367 e. The van der Waals surface area contributed by atoms with E-state index in [1.165, 1.54) is 0 Å². The second kappa shape index (κ2) is 4.56. The lowest BCUT2D eigenvalue weighted by Crippen LogP contribution is -2.32. The van der Waals surface area contributed by atoms with E-state index in [1.54, 1.807) is 10.7 Å². The number of anilines is 1. The molecule has 0 saturated carbocycles. The fourth-order valence-corrected chi connectivity index (χ4v) is 2.36. The summed E-state index contributed by atoms with van der Waals surface area (Å²) in [5.74, 6) is 0.893. The van der Waals surface area contributed by atoms with Gasteiger partial charge in [-0.1, -0.05) is 0 Å². The average molecular weight is 310 g/mol. The van der Waals surface area contributed by atoms with Crippen molar-refractivity contribution in [2.75, 3.05) is 11.9 Å². The Morgan fingerprint density at radius 1 is 1.56 bits per heavy atom. The second-order valence-corrected chi connectivity index (χ2v) is 5.07. The number of imidazole rings is 1. The van der Waals surface area contributed by atoms with E-state index in [0.29, 0.717) is 13.0 Å². The van der Waals surface area contributed by atoms with Gasteiger partial charge in [0.1, 0.15) is 10.4 Å². The minimum absolute atomic E-state index is 0.127. The first-order valence-corrected chi connectivity index (χ1v) is 6.55. The first-order valence-electron chi connectivity index (χ1n) is 5.76. The molecule has 0 aliphatic carbocycles. The summed E-state index contributed by atoms with van der Waals surface area (Å²) in [6.45, 7) is 0.691. The van der Waals surface area contributed by atoms with Gasteiger partial charge in [0.2, 0.25) is 5.91 Å². The SMILES string of the molecule is O=C1CC[C@@H](CNc2ccc3ncc(Br)n3n2)N1. The lowest BCUT2D eigenvalue weighted by atomic mass is 10.2. The van der Waals surface area contributed by atoms with Gasteiger partial charge in [0.25, 0.3) is 0 Å². The van der Waals surface area contributed by atoms with Crippen molar-refractivity contribution in [3.63, 3.8) is 0 Å². The topological polar surface area (TPSA) is 71.3 Å². The zero-order valence-electron chi connectivity index (χ0n) is 9.56. The van der Waals surface area contributed by atoms with E-state index in [0.717, 1.165) is 22.5 Å². The summed E-state index contributed by atoms with van der Waals surface area (Å²) < 4.78 is 2.53. The molecule has 0 spiro atoms. The van der Waals surface area contributed by atoms with Gasteiger partial charge in [0, 0.05) is 19.0 Å². The average Bonchev–Trinajstić information content (AvgIpc) is 2.94. The number of nitrogens with one attached hydrogen (secondary N) is 2. The van der Waals surface area contributed by atoms with Crippen LogP contribution in [0.3, 0.4) is 0 Å². The van der Waals surface area contributed by atoms with E-state index in [2.05, 4.69) is 36.6 Å². The van der Waals surface area contributed by atoms with Crippen LogP contribution in [0.2, 0.25) is 0 Å². The Bertz CT molecular complexity index is 596. The maximum atomic E-state index is 11.1. The molecule has 7 heteroatoms. The molecule has 94 valence electrons. The third kappa shape index (κ3) is 2.17. The number of hydrogen-bond acceptors (Lipinski definition) is 4. The highest BCUT2D eigenvalue weighted by molar-refractivity contribution is 9.10. The van der Waals surface area contributed by atoms with Crippen LogP contribution in [0.25, 0.3) is 5.65 Å². The number of aromatic nitrogens is 3. The smallest absolute Gasteiger partial charge is 0.220 e. The molecule has 6 nitrogen and oxygen atoms in total. The van der Waals surface area contributed by atoms with Crippen LogP contribution in [0.5, 0.6) is 0 Å². The predicted octanol–water partition coefficient (Wildman–Crippen LogP) is 1.18. The summed E-state index contributed by atoms with van der Waals surface area (Å²) >= 11 is 3.38. The standard InChI is InChI=1S/C11H12BrN5O/c12-8-6-14-10-3-2-9(16-17(8)10)13-5-7-1-4-11(18)15-7/h2-3,6-7H,1,4-5H2,(H,13,16)(H,15,18)/t7-/m0/s1. The van der Waals surface area contributed by atoms with Gasteiger partial charge in [-0.3, -0.25) is 4.79 Å². The van der Waals surface area contributed by atoms with Gasteiger partial charge in [-0.05, 0) is 34.5 Å². The van der Waals surface area contributed by atoms with Crippen molar-refractivity contribution in [2.24, 2.45) is 0 Å². The van der Waals surface area contributed by atoms with Gasteiger partial charge < -0.3 is 10.6 Å². The van der Waals surface area contributed by atoms with Crippen LogP contribution in [0, 0.1) is 0 Å². The Labute approximate surface area is 112 Å². The molecule has 1 aliphatic rings. The first kappa shape index (κ1) is 11.5. The molecule has 1 atom stereocenters. The Kier molecular flexibility index (Phi) is 2.91. The van der Waals surface area contributed by atoms with Crippen LogP contribution in [0.15, 0.2) is 22.9 Å². The van der Waals surface area contributed by atoms with Crippen LogP contribution in [0.4, 0.5) is 5.82 Å². The third-order valence-electron chi connectivity index (χ3n) is 2.94. The highest BCUT2D eigenvalue weighted by Gasteiger charge is 2.20. The lowest BCUT2D eigenvalue weighted by Gasteiger charge is -2.11. The van der Waals surface area contributed by atoms with Crippen molar-refractivity contribution in [3.8, 4) is 0 Å². The van der Waals surface area contributed by atoms with Gasteiger partial charge in [0.15, 0.2) is 5.65 Å². The van der Waals surface area contributed by atoms with Crippen molar-refractivity contribution in [2.45, 2.75) is 18.9 Å². The number of fused-ring (bicyclic) bond motifs is 1.